The lowest BCUT2D eigenvalue weighted by atomic mass is 9.92. The minimum Gasteiger partial charge on any atom is -0.408 e. The van der Waals surface area contributed by atoms with Gasteiger partial charge in [0.1, 0.15) is 0 Å². The Hall–Kier alpha value is -2.08. The van der Waals surface area contributed by atoms with Gasteiger partial charge in [-0.05, 0) is 32.0 Å². The molecule has 1 aromatic heterocycles. The maximum Gasteiger partial charge on any atom is 0.417 e. The van der Waals surface area contributed by atoms with Crippen molar-refractivity contribution in [3.8, 4) is 0 Å². The molecule has 0 aliphatic rings. The molecule has 0 bridgehead atoms. The Balaban J connectivity index is 2.27. The number of carbonyl (C=O) groups excluding carboxylic acids is 1. The number of amides is 1. The number of H-pyrrole nitrogens is 1. The van der Waals surface area contributed by atoms with Crippen LogP contribution >= 0.6 is 0 Å². The molecule has 6 heteroatoms. The highest BCUT2D eigenvalue weighted by atomic mass is 16.4. The maximum atomic E-state index is 11.9. The summed E-state index contributed by atoms with van der Waals surface area (Å²) in [5, 5.41) is 2.75. The van der Waals surface area contributed by atoms with Crippen molar-refractivity contribution in [3.05, 3.63) is 28.7 Å². The third-order valence-electron chi connectivity index (χ3n) is 2.80. The van der Waals surface area contributed by atoms with Crippen LogP contribution in [-0.4, -0.2) is 17.4 Å². The number of hydrogen-bond donors (Lipinski definition) is 3. The molecule has 0 aliphatic carbocycles. The Bertz CT molecular complexity index is 639. The number of benzene rings is 1. The van der Waals surface area contributed by atoms with Crippen molar-refractivity contribution in [2.75, 3.05) is 11.9 Å². The van der Waals surface area contributed by atoms with E-state index in [0.717, 1.165) is 0 Å². The monoisotopic (exact) mass is 249 g/mol. The number of rotatable bonds is 3. The van der Waals surface area contributed by atoms with Gasteiger partial charge in [0, 0.05) is 12.2 Å². The number of anilines is 1. The van der Waals surface area contributed by atoms with E-state index in [9.17, 15) is 9.59 Å². The van der Waals surface area contributed by atoms with Crippen molar-refractivity contribution >= 4 is 22.7 Å². The van der Waals surface area contributed by atoms with Crippen LogP contribution in [0, 0.1) is 5.41 Å². The molecular formula is C12H15N3O3. The molecule has 0 spiro atoms. The number of hydrogen-bond acceptors (Lipinski definition) is 4. The van der Waals surface area contributed by atoms with Gasteiger partial charge in [0.05, 0.1) is 10.9 Å². The van der Waals surface area contributed by atoms with Crippen LogP contribution in [0.25, 0.3) is 11.1 Å². The normalized spacial score (nSPS) is 11.7. The summed E-state index contributed by atoms with van der Waals surface area (Å²) in [5.41, 5.74) is 6.48. The Kier molecular flexibility index (Phi) is 2.96. The molecule has 0 radical (unpaired) electrons. The molecule has 96 valence electrons. The first-order valence-electron chi connectivity index (χ1n) is 5.57. The number of aromatic nitrogens is 1. The van der Waals surface area contributed by atoms with Gasteiger partial charge in [0.25, 0.3) is 0 Å². The van der Waals surface area contributed by atoms with Crippen LogP contribution in [0.4, 0.5) is 5.69 Å². The number of aromatic amines is 1. The zero-order chi connectivity index (χ0) is 13.3. The molecule has 1 amide bonds. The van der Waals surface area contributed by atoms with Crippen LogP contribution < -0.4 is 16.8 Å². The minimum absolute atomic E-state index is 0.171. The van der Waals surface area contributed by atoms with Crippen LogP contribution in [0.5, 0.6) is 0 Å². The van der Waals surface area contributed by atoms with Gasteiger partial charge in [-0.15, -0.1) is 0 Å². The second-order valence-corrected chi connectivity index (χ2v) is 4.77. The molecule has 1 heterocycles. The van der Waals surface area contributed by atoms with E-state index in [2.05, 4.69) is 10.3 Å². The number of nitrogens with two attached hydrogens (primary N) is 1. The molecule has 0 saturated carbocycles. The van der Waals surface area contributed by atoms with Crippen LogP contribution in [-0.2, 0) is 4.79 Å². The van der Waals surface area contributed by atoms with Crippen molar-refractivity contribution in [3.63, 3.8) is 0 Å². The van der Waals surface area contributed by atoms with Gasteiger partial charge in [0.2, 0.25) is 5.91 Å². The maximum absolute atomic E-state index is 11.9. The summed E-state index contributed by atoms with van der Waals surface area (Å²) < 4.78 is 4.87. The van der Waals surface area contributed by atoms with E-state index in [-0.39, 0.29) is 12.5 Å². The fraction of sp³-hybridized carbons (Fsp3) is 0.333. The summed E-state index contributed by atoms with van der Waals surface area (Å²) in [4.78, 5) is 25.4. The van der Waals surface area contributed by atoms with Crippen molar-refractivity contribution in [2.45, 2.75) is 13.8 Å². The Morgan fingerprint density at radius 1 is 1.50 bits per heavy atom. The fourth-order valence-electron chi connectivity index (χ4n) is 1.42. The summed E-state index contributed by atoms with van der Waals surface area (Å²) in [7, 11) is 0. The molecule has 0 fully saturated rings. The molecule has 0 unspecified atom stereocenters. The standard InChI is InChI=1S/C12H15N3O3/c1-12(2,6-13)10(16)14-7-3-4-9-8(5-7)15-11(17)18-9/h3-5H,6,13H2,1-2H3,(H,14,16)(H,15,17). The van der Waals surface area contributed by atoms with E-state index in [1.54, 1.807) is 32.0 Å². The van der Waals surface area contributed by atoms with E-state index < -0.39 is 11.2 Å². The SMILES string of the molecule is CC(C)(CN)C(=O)Nc1ccc2oc(=O)[nH]c2c1. The van der Waals surface area contributed by atoms with E-state index in [4.69, 9.17) is 10.2 Å². The van der Waals surface area contributed by atoms with Gasteiger partial charge in [0.15, 0.2) is 5.58 Å². The molecule has 18 heavy (non-hydrogen) atoms. The van der Waals surface area contributed by atoms with Crippen molar-refractivity contribution in [1.82, 2.24) is 4.98 Å². The second kappa shape index (κ2) is 4.30. The average Bonchev–Trinajstić information content (AvgIpc) is 2.68. The first kappa shape index (κ1) is 12.4. The molecule has 1 aromatic carbocycles. The van der Waals surface area contributed by atoms with E-state index >= 15 is 0 Å². The van der Waals surface area contributed by atoms with Gasteiger partial charge in [-0.25, -0.2) is 4.79 Å². The molecule has 2 rings (SSSR count). The first-order valence-corrected chi connectivity index (χ1v) is 5.57. The zero-order valence-corrected chi connectivity index (χ0v) is 10.2. The molecular weight excluding hydrogens is 234 g/mol. The number of fused-ring (bicyclic) bond motifs is 1. The Labute approximate surface area is 103 Å². The lowest BCUT2D eigenvalue weighted by Gasteiger charge is -2.21. The summed E-state index contributed by atoms with van der Waals surface area (Å²) in [6.45, 7) is 3.78. The van der Waals surface area contributed by atoms with Crippen molar-refractivity contribution < 1.29 is 9.21 Å². The van der Waals surface area contributed by atoms with Crippen molar-refractivity contribution in [1.29, 1.82) is 0 Å². The Morgan fingerprint density at radius 2 is 2.22 bits per heavy atom. The quantitative estimate of drug-likeness (QED) is 0.756. The molecule has 4 N–H and O–H groups in total. The van der Waals surface area contributed by atoms with E-state index in [1.165, 1.54) is 0 Å². The van der Waals surface area contributed by atoms with Crippen LogP contribution in [0.1, 0.15) is 13.8 Å². The number of oxazole rings is 1. The minimum atomic E-state index is -0.640. The van der Waals surface area contributed by atoms with Crippen LogP contribution in [0.2, 0.25) is 0 Å². The van der Waals surface area contributed by atoms with Crippen LogP contribution in [0.15, 0.2) is 27.4 Å². The lowest BCUT2D eigenvalue weighted by Crippen LogP contribution is -2.37. The van der Waals surface area contributed by atoms with Crippen molar-refractivity contribution in [2.24, 2.45) is 11.1 Å². The zero-order valence-electron chi connectivity index (χ0n) is 10.2. The summed E-state index contributed by atoms with van der Waals surface area (Å²) in [5.74, 6) is -0.689. The molecule has 0 aliphatic heterocycles. The summed E-state index contributed by atoms with van der Waals surface area (Å²) in [6.07, 6.45) is 0. The molecule has 2 aromatic rings. The van der Waals surface area contributed by atoms with Gasteiger partial charge in [-0.1, -0.05) is 0 Å². The summed E-state index contributed by atoms with van der Waals surface area (Å²) in [6, 6.07) is 4.94. The van der Waals surface area contributed by atoms with E-state index in [0.29, 0.717) is 16.8 Å². The third-order valence-corrected chi connectivity index (χ3v) is 2.80. The molecule has 6 nitrogen and oxygen atoms in total. The van der Waals surface area contributed by atoms with Crippen LogP contribution in [0.3, 0.4) is 0 Å². The largest absolute Gasteiger partial charge is 0.417 e. The first-order chi connectivity index (χ1) is 8.42. The summed E-state index contributed by atoms with van der Waals surface area (Å²) >= 11 is 0. The van der Waals surface area contributed by atoms with E-state index in [1.807, 2.05) is 0 Å². The fourth-order valence-corrected chi connectivity index (χ4v) is 1.42. The third kappa shape index (κ3) is 2.28. The highest BCUT2D eigenvalue weighted by molar-refractivity contribution is 5.96. The van der Waals surface area contributed by atoms with Gasteiger partial charge >= 0.3 is 5.76 Å². The smallest absolute Gasteiger partial charge is 0.408 e. The topological polar surface area (TPSA) is 101 Å². The number of carbonyl (C=O) groups is 1. The predicted octanol–water partition coefficient (Wildman–Crippen LogP) is 1.04. The average molecular weight is 249 g/mol. The van der Waals surface area contributed by atoms with Gasteiger partial charge < -0.3 is 15.5 Å². The van der Waals surface area contributed by atoms with Gasteiger partial charge in [-0.3, -0.25) is 9.78 Å². The molecule has 0 atom stereocenters. The lowest BCUT2D eigenvalue weighted by molar-refractivity contribution is -0.123. The number of nitrogens with one attached hydrogen (secondary N) is 2. The highest BCUT2D eigenvalue weighted by Gasteiger charge is 2.25. The molecule has 0 saturated heterocycles. The second-order valence-electron chi connectivity index (χ2n) is 4.77. The Morgan fingerprint density at radius 3 is 2.89 bits per heavy atom. The van der Waals surface area contributed by atoms with Gasteiger partial charge in [-0.2, -0.15) is 0 Å². The highest BCUT2D eigenvalue weighted by Crippen LogP contribution is 2.20. The predicted molar refractivity (Wildman–Crippen MR) is 68.3 cm³/mol.